The first-order chi connectivity index (χ1) is 24.9. The van der Waals surface area contributed by atoms with Crippen LogP contribution in [0.2, 0.25) is 0 Å². The average Bonchev–Trinajstić information content (AvgIpc) is 3.60. The van der Waals surface area contributed by atoms with E-state index in [9.17, 15) is 20.1 Å². The second-order valence-electron chi connectivity index (χ2n) is 12.6. The summed E-state index contributed by atoms with van der Waals surface area (Å²) in [6.45, 7) is 6.08. The molecule has 0 radical (unpaired) electrons. The van der Waals surface area contributed by atoms with E-state index in [1.54, 1.807) is 12.1 Å². The van der Waals surface area contributed by atoms with Crippen molar-refractivity contribution in [1.82, 2.24) is 10.3 Å². The number of aliphatic hydroxyl groups excluding tert-OH is 2. The second kappa shape index (κ2) is 16.8. The SMILES string of the molecule is CCc1cc(-c2cccc(CCc3c(OCCCO)c(OC)c(OCCCO)c4c(=O)cc(-c5ccc(O)cc5)oc34)c2)c(N2CCNCC2)[nH]1. The summed E-state index contributed by atoms with van der Waals surface area (Å²) in [6.07, 6.45) is 2.66. The van der Waals surface area contributed by atoms with Crippen molar-refractivity contribution in [1.29, 1.82) is 0 Å². The van der Waals surface area contributed by atoms with Gasteiger partial charge in [0, 0.05) is 80.7 Å². The van der Waals surface area contributed by atoms with Crippen LogP contribution in [0.1, 0.15) is 36.6 Å². The van der Waals surface area contributed by atoms with E-state index >= 15 is 0 Å². The molecule has 11 heteroatoms. The lowest BCUT2D eigenvalue weighted by atomic mass is 9.97. The van der Waals surface area contributed by atoms with Gasteiger partial charge in [-0.2, -0.15) is 0 Å². The van der Waals surface area contributed by atoms with Crippen molar-refractivity contribution in [2.45, 2.75) is 39.0 Å². The Morgan fingerprint density at radius 3 is 2.27 bits per heavy atom. The van der Waals surface area contributed by atoms with Crippen LogP contribution in [0.25, 0.3) is 33.4 Å². The largest absolute Gasteiger partial charge is 0.508 e. The van der Waals surface area contributed by atoms with Gasteiger partial charge in [0.05, 0.1) is 20.3 Å². The van der Waals surface area contributed by atoms with Crippen LogP contribution in [0, 0.1) is 0 Å². The predicted octanol–water partition coefficient (Wildman–Crippen LogP) is 5.45. The van der Waals surface area contributed by atoms with Crippen LogP contribution in [-0.2, 0) is 19.3 Å². The third kappa shape index (κ3) is 8.01. The molecule has 0 aliphatic carbocycles. The molecule has 51 heavy (non-hydrogen) atoms. The van der Waals surface area contributed by atoms with E-state index in [1.165, 1.54) is 36.6 Å². The first kappa shape index (κ1) is 35.8. The number of aromatic nitrogens is 1. The summed E-state index contributed by atoms with van der Waals surface area (Å²) in [7, 11) is 1.50. The predicted molar refractivity (Wildman–Crippen MR) is 199 cm³/mol. The summed E-state index contributed by atoms with van der Waals surface area (Å²) in [5.41, 5.74) is 5.79. The monoisotopic (exact) mass is 697 g/mol. The first-order valence-electron chi connectivity index (χ1n) is 17.7. The number of anilines is 1. The van der Waals surface area contributed by atoms with E-state index in [1.807, 2.05) is 0 Å². The molecule has 1 saturated heterocycles. The van der Waals surface area contributed by atoms with Crippen LogP contribution >= 0.6 is 0 Å². The number of phenols is 1. The quantitative estimate of drug-likeness (QED) is 0.0843. The van der Waals surface area contributed by atoms with Crippen molar-refractivity contribution in [3.8, 4) is 45.4 Å². The number of hydrogen-bond acceptors (Lipinski definition) is 10. The molecule has 0 bridgehead atoms. The van der Waals surface area contributed by atoms with E-state index in [0.717, 1.165) is 49.5 Å². The Kier molecular flexibility index (Phi) is 11.8. The van der Waals surface area contributed by atoms with Gasteiger partial charge in [-0.25, -0.2) is 0 Å². The summed E-state index contributed by atoms with van der Waals surface area (Å²) in [5.74, 6) is 2.37. The van der Waals surface area contributed by atoms with Crippen LogP contribution in [0.4, 0.5) is 5.82 Å². The number of benzene rings is 3. The Hall–Kier alpha value is -4.97. The van der Waals surface area contributed by atoms with Gasteiger partial charge in [-0.15, -0.1) is 0 Å². The lowest BCUT2D eigenvalue weighted by Crippen LogP contribution is -2.43. The van der Waals surface area contributed by atoms with Crippen molar-refractivity contribution < 1.29 is 33.9 Å². The summed E-state index contributed by atoms with van der Waals surface area (Å²) in [4.78, 5) is 20.0. The molecule has 2 aromatic heterocycles. The smallest absolute Gasteiger partial charge is 0.204 e. The standard InChI is InChI=1S/C40H47N3O8/c1-3-29-24-32(40(42-29)43-17-15-41-16-18-43)28-8-4-7-26(23-28)9-14-31-36-35(33(47)25-34(51-36)27-10-12-30(46)13-11-27)38(50-22-6-20-45)39(48-2)37(31)49-21-5-19-44/h4,7-8,10-13,23-25,41-42,44-46H,3,5-6,9,14-22H2,1-2H3. The van der Waals surface area contributed by atoms with Crippen LogP contribution in [0.5, 0.6) is 23.0 Å². The lowest BCUT2D eigenvalue weighted by molar-refractivity contribution is 0.217. The van der Waals surface area contributed by atoms with Crippen LogP contribution in [0.15, 0.2) is 69.9 Å². The Bertz CT molecular complexity index is 1980. The first-order valence-corrected chi connectivity index (χ1v) is 17.7. The molecule has 0 unspecified atom stereocenters. The minimum atomic E-state index is -0.332. The molecule has 0 amide bonds. The molecule has 6 rings (SSSR count). The van der Waals surface area contributed by atoms with E-state index < -0.39 is 0 Å². The number of nitrogens with zero attached hydrogens (tertiary/aromatic N) is 1. The van der Waals surface area contributed by atoms with Gasteiger partial charge in [0.25, 0.3) is 0 Å². The number of fused-ring (bicyclic) bond motifs is 1. The van der Waals surface area contributed by atoms with Gasteiger partial charge in [0.2, 0.25) is 5.75 Å². The molecule has 1 aliphatic heterocycles. The maximum atomic E-state index is 14.0. The fraction of sp³-hybridized carbons (Fsp3) is 0.375. The highest BCUT2D eigenvalue weighted by atomic mass is 16.5. The van der Waals surface area contributed by atoms with Crippen molar-refractivity contribution in [2.75, 3.05) is 64.6 Å². The van der Waals surface area contributed by atoms with Gasteiger partial charge in [-0.3, -0.25) is 4.79 Å². The maximum absolute atomic E-state index is 14.0. The fourth-order valence-corrected chi connectivity index (χ4v) is 6.54. The van der Waals surface area contributed by atoms with Crippen molar-refractivity contribution >= 4 is 16.8 Å². The van der Waals surface area contributed by atoms with Gasteiger partial charge in [-0.05, 0) is 60.7 Å². The minimum Gasteiger partial charge on any atom is -0.508 e. The molecule has 1 fully saturated rings. The van der Waals surface area contributed by atoms with E-state index in [-0.39, 0.29) is 54.5 Å². The number of hydrogen-bond donors (Lipinski definition) is 5. The van der Waals surface area contributed by atoms with Crippen molar-refractivity contribution in [2.24, 2.45) is 0 Å². The van der Waals surface area contributed by atoms with Gasteiger partial charge in [-0.1, -0.05) is 31.2 Å². The molecule has 5 N–H and O–H groups in total. The zero-order chi connectivity index (χ0) is 35.7. The minimum absolute atomic E-state index is 0.0627. The lowest BCUT2D eigenvalue weighted by Gasteiger charge is -2.29. The molecule has 1 aliphatic rings. The number of aryl methyl sites for hydroxylation is 3. The molecule has 11 nitrogen and oxygen atoms in total. The van der Waals surface area contributed by atoms with E-state index in [2.05, 4.69) is 52.5 Å². The third-order valence-corrected chi connectivity index (χ3v) is 9.16. The Labute approximate surface area is 297 Å². The molecule has 3 heterocycles. The number of H-pyrrole nitrogens is 1. The third-order valence-electron chi connectivity index (χ3n) is 9.16. The zero-order valence-electron chi connectivity index (χ0n) is 29.3. The number of piperazine rings is 1. The number of aliphatic hydroxyl groups is 2. The van der Waals surface area contributed by atoms with E-state index in [0.29, 0.717) is 53.9 Å². The molecule has 0 saturated carbocycles. The van der Waals surface area contributed by atoms with Crippen molar-refractivity contribution in [3.63, 3.8) is 0 Å². The summed E-state index contributed by atoms with van der Waals surface area (Å²) in [5, 5.41) is 32.6. The van der Waals surface area contributed by atoms with Gasteiger partial charge >= 0.3 is 0 Å². The molecule has 5 aromatic rings. The zero-order valence-corrected chi connectivity index (χ0v) is 29.3. The number of ether oxygens (including phenoxy) is 3. The van der Waals surface area contributed by atoms with Crippen LogP contribution in [-0.4, -0.2) is 80.0 Å². The molecular formula is C40H47N3O8. The number of rotatable bonds is 16. The Morgan fingerprint density at radius 2 is 1.59 bits per heavy atom. The highest BCUT2D eigenvalue weighted by Crippen LogP contribution is 2.47. The molecule has 0 atom stereocenters. The fourth-order valence-electron chi connectivity index (χ4n) is 6.54. The Balaban J connectivity index is 1.45. The number of aromatic amines is 1. The van der Waals surface area contributed by atoms with Gasteiger partial charge in [0.15, 0.2) is 16.9 Å². The number of aromatic hydroxyl groups is 1. The topological polar surface area (TPSA) is 150 Å². The summed E-state index contributed by atoms with van der Waals surface area (Å²) < 4.78 is 24.9. The van der Waals surface area contributed by atoms with Crippen LogP contribution in [0.3, 0.4) is 0 Å². The number of methoxy groups -OCH3 is 1. The number of phenolic OH excluding ortho intramolecular Hbond substituents is 1. The summed E-state index contributed by atoms with van der Waals surface area (Å²) >= 11 is 0. The summed E-state index contributed by atoms with van der Waals surface area (Å²) in [6, 6.07) is 18.6. The Morgan fingerprint density at radius 1 is 0.863 bits per heavy atom. The normalized spacial score (nSPS) is 13.1. The van der Waals surface area contributed by atoms with Gasteiger partial charge in [0.1, 0.15) is 28.3 Å². The molecule has 0 spiro atoms. The maximum Gasteiger partial charge on any atom is 0.204 e. The highest BCUT2D eigenvalue weighted by molar-refractivity contribution is 5.93. The van der Waals surface area contributed by atoms with Gasteiger partial charge < -0.3 is 49.1 Å². The molecular weight excluding hydrogens is 650 g/mol. The van der Waals surface area contributed by atoms with Crippen LogP contribution < -0.4 is 29.9 Å². The van der Waals surface area contributed by atoms with E-state index in [4.69, 9.17) is 18.6 Å². The van der Waals surface area contributed by atoms with Crippen molar-refractivity contribution in [3.05, 3.63) is 87.7 Å². The number of nitrogens with one attached hydrogen (secondary N) is 2. The molecule has 270 valence electrons. The highest BCUT2D eigenvalue weighted by Gasteiger charge is 2.28. The molecule has 3 aromatic carbocycles. The second-order valence-corrected chi connectivity index (χ2v) is 12.6. The average molecular weight is 698 g/mol.